The number of anilines is 1. The predicted molar refractivity (Wildman–Crippen MR) is 180 cm³/mol. The molecule has 1 heterocycles. The molecule has 2 N–H and O–H groups in total. The molecule has 5 rings (SSSR count). The number of nitrogens with one attached hydrogen (secondary N) is 2. The maximum absolute atomic E-state index is 15.3. The van der Waals surface area contributed by atoms with E-state index in [4.69, 9.17) is 14.2 Å². The average molecular weight is 695 g/mol. The third-order valence-corrected chi connectivity index (χ3v) is 8.39. The maximum atomic E-state index is 15.3. The Morgan fingerprint density at radius 1 is 0.980 bits per heavy atom. The lowest BCUT2D eigenvalue weighted by Gasteiger charge is -2.39. The molecule has 0 spiro atoms. The summed E-state index contributed by atoms with van der Waals surface area (Å²) in [5.74, 6) is -0.699. The van der Waals surface area contributed by atoms with Crippen LogP contribution < -0.4 is 24.8 Å². The van der Waals surface area contributed by atoms with Gasteiger partial charge in [0.05, 0.1) is 25.7 Å². The van der Waals surface area contributed by atoms with Crippen molar-refractivity contribution in [1.82, 2.24) is 15.2 Å². The van der Waals surface area contributed by atoms with Crippen molar-refractivity contribution >= 4 is 17.5 Å². The molecule has 13 heteroatoms. The number of amides is 2. The number of pyridine rings is 1. The Morgan fingerprint density at radius 3 is 2.36 bits per heavy atom. The van der Waals surface area contributed by atoms with Gasteiger partial charge in [-0.05, 0) is 86.9 Å². The van der Waals surface area contributed by atoms with Gasteiger partial charge in [-0.3, -0.25) is 9.59 Å². The number of aromatic nitrogens is 1. The number of carbonyl (C=O) groups excluding carboxylic acids is 2. The van der Waals surface area contributed by atoms with Gasteiger partial charge in [-0.1, -0.05) is 24.3 Å². The summed E-state index contributed by atoms with van der Waals surface area (Å²) in [6, 6.07) is 16.0. The minimum Gasteiger partial charge on any atom is -0.497 e. The zero-order chi connectivity index (χ0) is 36.0. The van der Waals surface area contributed by atoms with Gasteiger partial charge >= 0.3 is 6.18 Å². The van der Waals surface area contributed by atoms with Gasteiger partial charge in [-0.2, -0.15) is 13.2 Å². The summed E-state index contributed by atoms with van der Waals surface area (Å²) in [6.07, 6.45) is -2.37. The molecule has 0 aliphatic heterocycles. The van der Waals surface area contributed by atoms with Gasteiger partial charge in [-0.25, -0.2) is 9.37 Å². The first kappa shape index (κ1) is 36.1. The van der Waals surface area contributed by atoms with Crippen molar-refractivity contribution in [1.29, 1.82) is 0 Å². The SMILES string of the molecule is CCOc1cc(OCc2ccc(OC)cc2)ncc1-c1ccc(CC(=O)Nc2cc(C(=O)N[C@H]3C[C@H](N(C)C)C3)cc(C(F)(F)F)c2)c(F)c1. The van der Waals surface area contributed by atoms with Crippen molar-refractivity contribution in [2.24, 2.45) is 0 Å². The first-order valence-corrected chi connectivity index (χ1v) is 16.0. The van der Waals surface area contributed by atoms with Crippen LogP contribution in [-0.4, -0.2) is 61.6 Å². The fraction of sp³-hybridized carbons (Fsp3) is 0.324. The quantitative estimate of drug-likeness (QED) is 0.147. The Balaban J connectivity index is 1.26. The van der Waals surface area contributed by atoms with Crippen LogP contribution in [0.15, 0.2) is 72.9 Å². The molecule has 4 aromatic rings. The highest BCUT2D eigenvalue weighted by Gasteiger charge is 2.34. The molecule has 0 bridgehead atoms. The number of methoxy groups -OCH3 is 1. The third kappa shape index (κ3) is 9.08. The maximum Gasteiger partial charge on any atom is 0.416 e. The topological polar surface area (TPSA) is 102 Å². The van der Waals surface area contributed by atoms with Crippen LogP contribution in [0.2, 0.25) is 0 Å². The Kier molecular flexibility index (Phi) is 11.3. The van der Waals surface area contributed by atoms with Crippen LogP contribution >= 0.6 is 0 Å². The number of alkyl halides is 3. The average Bonchev–Trinajstić information content (AvgIpc) is 3.05. The molecule has 1 aromatic heterocycles. The summed E-state index contributed by atoms with van der Waals surface area (Å²) in [6.45, 7) is 2.38. The Labute approximate surface area is 287 Å². The number of rotatable bonds is 13. The second kappa shape index (κ2) is 15.6. The lowest BCUT2D eigenvalue weighted by molar-refractivity contribution is -0.137. The minimum absolute atomic E-state index is 0.0157. The summed E-state index contributed by atoms with van der Waals surface area (Å²) in [7, 11) is 5.42. The van der Waals surface area contributed by atoms with Gasteiger partial charge in [0.1, 0.15) is 23.9 Å². The second-order valence-corrected chi connectivity index (χ2v) is 12.2. The second-order valence-electron chi connectivity index (χ2n) is 12.2. The highest BCUT2D eigenvalue weighted by atomic mass is 19.4. The van der Waals surface area contributed by atoms with Gasteiger partial charge in [-0.15, -0.1) is 0 Å². The highest BCUT2D eigenvalue weighted by molar-refractivity contribution is 5.98. The van der Waals surface area contributed by atoms with Gasteiger partial charge < -0.3 is 29.7 Å². The van der Waals surface area contributed by atoms with Gasteiger partial charge in [0.25, 0.3) is 5.91 Å². The van der Waals surface area contributed by atoms with E-state index in [0.717, 1.165) is 23.4 Å². The molecular weight excluding hydrogens is 656 g/mol. The van der Waals surface area contributed by atoms with E-state index in [2.05, 4.69) is 15.6 Å². The molecular formula is C37H38F4N4O5. The first-order chi connectivity index (χ1) is 23.8. The number of nitrogens with zero attached hydrogens (tertiary/aromatic N) is 2. The number of ether oxygens (including phenoxy) is 3. The van der Waals surface area contributed by atoms with Crippen LogP contribution in [0, 0.1) is 5.82 Å². The van der Waals surface area contributed by atoms with E-state index in [0.29, 0.717) is 42.2 Å². The highest BCUT2D eigenvalue weighted by Crippen LogP contribution is 2.35. The van der Waals surface area contributed by atoms with E-state index >= 15 is 4.39 Å². The number of hydrogen-bond acceptors (Lipinski definition) is 7. The fourth-order valence-corrected chi connectivity index (χ4v) is 5.50. The molecule has 264 valence electrons. The van der Waals surface area contributed by atoms with E-state index < -0.39 is 35.8 Å². The molecule has 1 fully saturated rings. The van der Waals surface area contributed by atoms with Crippen LogP contribution in [0.1, 0.15) is 46.8 Å². The molecule has 1 aliphatic carbocycles. The monoisotopic (exact) mass is 694 g/mol. The van der Waals surface area contributed by atoms with Crippen LogP contribution in [0.5, 0.6) is 17.4 Å². The van der Waals surface area contributed by atoms with E-state index in [9.17, 15) is 22.8 Å². The summed E-state index contributed by atoms with van der Waals surface area (Å²) in [5, 5.41) is 5.15. The summed E-state index contributed by atoms with van der Waals surface area (Å²) >= 11 is 0. The van der Waals surface area contributed by atoms with Crippen LogP contribution in [0.4, 0.5) is 23.2 Å². The Morgan fingerprint density at radius 2 is 1.72 bits per heavy atom. The molecule has 9 nitrogen and oxygen atoms in total. The largest absolute Gasteiger partial charge is 0.497 e. The molecule has 0 saturated heterocycles. The standard InChI is InChI=1S/C37H38F4N4O5/c1-5-49-33-19-35(50-21-22-6-10-30(48-4)11-7-22)42-20-31(33)23-8-9-24(32(38)14-23)15-34(46)43-27-13-25(12-26(16-27)37(39,40)41)36(47)44-28-17-29(18-28)45(2)3/h6-14,16,19-20,28-29H,5,15,17-18,21H2,1-4H3,(H,43,46)(H,44,47)/t28-,29-. The fourth-order valence-electron chi connectivity index (χ4n) is 5.50. The van der Waals surface area contributed by atoms with E-state index in [-0.39, 0.29) is 35.5 Å². The number of carbonyl (C=O) groups is 2. The summed E-state index contributed by atoms with van der Waals surface area (Å²) in [4.78, 5) is 32.1. The van der Waals surface area contributed by atoms with Crippen LogP contribution in [-0.2, 0) is 24.0 Å². The predicted octanol–water partition coefficient (Wildman–Crippen LogP) is 6.90. The van der Waals surface area contributed by atoms with Gasteiger partial charge in [0.2, 0.25) is 11.8 Å². The zero-order valence-corrected chi connectivity index (χ0v) is 28.1. The van der Waals surface area contributed by atoms with Crippen molar-refractivity contribution < 1.29 is 41.4 Å². The molecule has 0 unspecified atom stereocenters. The van der Waals surface area contributed by atoms with Crippen molar-refractivity contribution in [3.63, 3.8) is 0 Å². The van der Waals surface area contributed by atoms with Gasteiger partial charge in [0.15, 0.2) is 0 Å². The third-order valence-electron chi connectivity index (χ3n) is 8.39. The van der Waals surface area contributed by atoms with Crippen LogP contribution in [0.3, 0.4) is 0 Å². The number of benzene rings is 3. The molecule has 3 aromatic carbocycles. The lowest BCUT2D eigenvalue weighted by atomic mass is 9.86. The molecule has 0 atom stereocenters. The molecule has 1 saturated carbocycles. The summed E-state index contributed by atoms with van der Waals surface area (Å²) < 4.78 is 73.3. The molecule has 50 heavy (non-hydrogen) atoms. The first-order valence-electron chi connectivity index (χ1n) is 16.0. The molecule has 0 radical (unpaired) electrons. The van der Waals surface area contributed by atoms with Crippen molar-refractivity contribution in [3.8, 4) is 28.5 Å². The van der Waals surface area contributed by atoms with Gasteiger partial charge in [0, 0.05) is 41.2 Å². The van der Waals surface area contributed by atoms with Crippen LogP contribution in [0.25, 0.3) is 11.1 Å². The van der Waals surface area contributed by atoms with Crippen molar-refractivity contribution in [2.45, 2.75) is 51.1 Å². The number of halogens is 4. The van der Waals surface area contributed by atoms with E-state index in [1.54, 1.807) is 26.2 Å². The summed E-state index contributed by atoms with van der Waals surface area (Å²) in [5.41, 5.74) is 0.281. The minimum atomic E-state index is -4.76. The number of hydrogen-bond donors (Lipinski definition) is 2. The van der Waals surface area contributed by atoms with Crippen molar-refractivity contribution in [3.05, 3.63) is 101 Å². The Hall–Kier alpha value is -5.17. The van der Waals surface area contributed by atoms with E-state index in [1.807, 2.05) is 43.3 Å². The smallest absolute Gasteiger partial charge is 0.416 e. The normalized spacial score (nSPS) is 15.6. The molecule has 1 aliphatic rings. The zero-order valence-electron chi connectivity index (χ0n) is 28.1. The Bertz CT molecular complexity index is 1830. The van der Waals surface area contributed by atoms with Crippen molar-refractivity contribution in [2.75, 3.05) is 33.1 Å². The molecule has 2 amide bonds. The van der Waals surface area contributed by atoms with E-state index in [1.165, 1.54) is 24.4 Å². The lowest BCUT2D eigenvalue weighted by Crippen LogP contribution is -2.51.